The van der Waals surface area contributed by atoms with Gasteiger partial charge in [0, 0.05) is 13.6 Å². The molecule has 1 aliphatic heterocycles. The van der Waals surface area contributed by atoms with Gasteiger partial charge in [0.15, 0.2) is 0 Å². The lowest BCUT2D eigenvalue weighted by atomic mass is 9.94. The summed E-state index contributed by atoms with van der Waals surface area (Å²) in [6.07, 6.45) is 4.08. The van der Waals surface area contributed by atoms with E-state index >= 15 is 0 Å². The lowest BCUT2D eigenvalue weighted by Crippen LogP contribution is -2.39. The number of hydrogen-bond acceptors (Lipinski definition) is 3. The van der Waals surface area contributed by atoms with E-state index in [1.165, 1.54) is 5.56 Å². The highest BCUT2D eigenvalue weighted by molar-refractivity contribution is 5.93. The largest absolute Gasteiger partial charge is 0.497 e. The van der Waals surface area contributed by atoms with Gasteiger partial charge in [-0.2, -0.15) is 5.10 Å². The van der Waals surface area contributed by atoms with Crippen LogP contribution in [0.5, 0.6) is 5.75 Å². The topological polar surface area (TPSA) is 47.4 Å². The Balaban J connectivity index is 1.84. The van der Waals surface area contributed by atoms with Crippen LogP contribution in [0.15, 0.2) is 30.3 Å². The minimum Gasteiger partial charge on any atom is -0.497 e. The van der Waals surface area contributed by atoms with Gasteiger partial charge in [-0.15, -0.1) is 0 Å². The number of nitrogens with zero attached hydrogens (tertiary/aromatic N) is 3. The fourth-order valence-corrected chi connectivity index (χ4v) is 3.74. The van der Waals surface area contributed by atoms with E-state index in [4.69, 9.17) is 4.74 Å². The smallest absolute Gasteiger partial charge is 0.272 e. The third kappa shape index (κ3) is 3.92. The van der Waals surface area contributed by atoms with Crippen LogP contribution in [0.2, 0.25) is 0 Å². The molecule has 2 heterocycles. The first-order valence-corrected chi connectivity index (χ1v) is 9.47. The molecule has 1 atom stereocenters. The first-order valence-electron chi connectivity index (χ1n) is 9.47. The summed E-state index contributed by atoms with van der Waals surface area (Å²) in [6.45, 7) is 5.13. The number of rotatable bonds is 5. The number of ether oxygens (including phenoxy) is 1. The zero-order chi connectivity index (χ0) is 18.7. The highest BCUT2D eigenvalue weighted by Gasteiger charge is 2.30. The summed E-state index contributed by atoms with van der Waals surface area (Å²) < 4.78 is 6.99. The van der Waals surface area contributed by atoms with Gasteiger partial charge in [0.2, 0.25) is 0 Å². The Bertz CT molecular complexity index is 749. The molecule has 1 amide bonds. The molecule has 140 valence electrons. The number of aromatic nitrogens is 2. The molecule has 5 nitrogen and oxygen atoms in total. The molecular formula is C21H29N3O2. The van der Waals surface area contributed by atoms with Crippen molar-refractivity contribution in [3.63, 3.8) is 0 Å². The second-order valence-corrected chi connectivity index (χ2v) is 7.53. The molecule has 1 aromatic carbocycles. The zero-order valence-electron chi connectivity index (χ0n) is 16.2. The highest BCUT2D eigenvalue weighted by Crippen LogP contribution is 2.33. The maximum absolute atomic E-state index is 13.3. The minimum absolute atomic E-state index is 0.0792. The van der Waals surface area contributed by atoms with Gasteiger partial charge in [0.05, 0.1) is 18.8 Å². The van der Waals surface area contributed by atoms with Crippen molar-refractivity contribution in [1.82, 2.24) is 14.7 Å². The lowest BCUT2D eigenvalue weighted by molar-refractivity contribution is 0.0600. The van der Waals surface area contributed by atoms with Crippen molar-refractivity contribution < 1.29 is 9.53 Å². The molecule has 3 rings (SSSR count). The number of hydrogen-bond donors (Lipinski definition) is 0. The monoisotopic (exact) mass is 355 g/mol. The molecule has 0 bridgehead atoms. The fourth-order valence-electron chi connectivity index (χ4n) is 3.74. The van der Waals surface area contributed by atoms with E-state index in [0.717, 1.165) is 43.7 Å². The van der Waals surface area contributed by atoms with E-state index in [2.05, 4.69) is 31.1 Å². The van der Waals surface area contributed by atoms with E-state index < -0.39 is 0 Å². The number of carbonyl (C=O) groups is 1. The Hall–Kier alpha value is -2.30. The van der Waals surface area contributed by atoms with Crippen molar-refractivity contribution in [2.45, 2.75) is 45.6 Å². The molecule has 0 unspecified atom stereocenters. The van der Waals surface area contributed by atoms with Crippen molar-refractivity contribution >= 4 is 5.91 Å². The summed E-state index contributed by atoms with van der Waals surface area (Å²) in [5, 5.41) is 4.54. The maximum atomic E-state index is 13.3. The first-order chi connectivity index (χ1) is 12.5. The van der Waals surface area contributed by atoms with Crippen LogP contribution in [0, 0.1) is 5.92 Å². The molecule has 5 heteroatoms. The standard InChI is InChI=1S/C21H29N3O2/c1-15(2)13-17-14-20(23(3)22-17)21(25)24-12-6-5-7-19(24)16-8-10-18(26-4)11-9-16/h8-11,14-15,19H,5-7,12-13H2,1-4H3/t19-/m0/s1. The first kappa shape index (κ1) is 18.5. The van der Waals surface area contributed by atoms with Crippen LogP contribution in [0.25, 0.3) is 0 Å². The van der Waals surface area contributed by atoms with Crippen LogP contribution < -0.4 is 4.74 Å². The second kappa shape index (κ2) is 7.94. The number of benzene rings is 1. The minimum atomic E-state index is 0.0792. The van der Waals surface area contributed by atoms with Crippen molar-refractivity contribution in [2.24, 2.45) is 13.0 Å². The third-order valence-electron chi connectivity index (χ3n) is 5.03. The Morgan fingerprint density at radius 3 is 2.65 bits per heavy atom. The number of methoxy groups -OCH3 is 1. The van der Waals surface area contributed by atoms with Crippen LogP contribution in [-0.2, 0) is 13.5 Å². The highest BCUT2D eigenvalue weighted by atomic mass is 16.5. The number of likely N-dealkylation sites (tertiary alicyclic amines) is 1. The summed E-state index contributed by atoms with van der Waals surface area (Å²) >= 11 is 0. The second-order valence-electron chi connectivity index (χ2n) is 7.53. The Kier molecular flexibility index (Phi) is 5.64. The fraction of sp³-hybridized carbons (Fsp3) is 0.524. The van der Waals surface area contributed by atoms with Gasteiger partial charge in [0.25, 0.3) is 5.91 Å². The molecule has 1 aromatic heterocycles. The molecule has 26 heavy (non-hydrogen) atoms. The zero-order valence-corrected chi connectivity index (χ0v) is 16.2. The molecule has 1 aliphatic rings. The van der Waals surface area contributed by atoms with Crippen molar-refractivity contribution in [2.75, 3.05) is 13.7 Å². The Morgan fingerprint density at radius 2 is 2.00 bits per heavy atom. The molecule has 0 aliphatic carbocycles. The number of piperidine rings is 1. The predicted octanol–water partition coefficient (Wildman–Crippen LogP) is 3.99. The summed E-state index contributed by atoms with van der Waals surface area (Å²) in [7, 11) is 3.53. The molecule has 0 saturated carbocycles. The van der Waals surface area contributed by atoms with Gasteiger partial charge in [-0.25, -0.2) is 0 Å². The average Bonchev–Trinajstić information content (AvgIpc) is 3.00. The molecule has 0 radical (unpaired) electrons. The number of amides is 1. The van der Waals surface area contributed by atoms with Crippen LogP contribution in [0.1, 0.15) is 60.9 Å². The Morgan fingerprint density at radius 1 is 1.27 bits per heavy atom. The van der Waals surface area contributed by atoms with E-state index in [-0.39, 0.29) is 11.9 Å². The third-order valence-corrected chi connectivity index (χ3v) is 5.03. The molecule has 0 spiro atoms. The van der Waals surface area contributed by atoms with Crippen LogP contribution in [0.4, 0.5) is 0 Å². The Labute approximate surface area is 156 Å². The van der Waals surface area contributed by atoms with Gasteiger partial charge >= 0.3 is 0 Å². The quantitative estimate of drug-likeness (QED) is 0.815. The van der Waals surface area contributed by atoms with Gasteiger partial charge in [-0.3, -0.25) is 9.48 Å². The van der Waals surface area contributed by atoms with Gasteiger partial charge in [0.1, 0.15) is 11.4 Å². The summed E-state index contributed by atoms with van der Waals surface area (Å²) in [6, 6.07) is 10.2. The summed E-state index contributed by atoms with van der Waals surface area (Å²) in [4.78, 5) is 15.3. The predicted molar refractivity (Wildman–Crippen MR) is 102 cm³/mol. The lowest BCUT2D eigenvalue weighted by Gasteiger charge is -2.36. The van der Waals surface area contributed by atoms with Gasteiger partial charge in [-0.05, 0) is 55.4 Å². The van der Waals surface area contributed by atoms with E-state index in [9.17, 15) is 4.79 Å². The number of carbonyl (C=O) groups excluding carboxylic acids is 1. The van der Waals surface area contributed by atoms with Gasteiger partial charge < -0.3 is 9.64 Å². The van der Waals surface area contributed by atoms with E-state index in [1.54, 1.807) is 11.8 Å². The molecular weight excluding hydrogens is 326 g/mol. The average molecular weight is 355 g/mol. The maximum Gasteiger partial charge on any atom is 0.272 e. The van der Waals surface area contributed by atoms with Crippen LogP contribution >= 0.6 is 0 Å². The van der Waals surface area contributed by atoms with Crippen molar-refractivity contribution in [3.05, 3.63) is 47.3 Å². The van der Waals surface area contributed by atoms with Crippen LogP contribution in [0.3, 0.4) is 0 Å². The van der Waals surface area contributed by atoms with E-state index in [1.807, 2.05) is 30.1 Å². The molecule has 0 N–H and O–H groups in total. The molecule has 2 aromatic rings. The summed E-state index contributed by atoms with van der Waals surface area (Å²) in [5.74, 6) is 1.44. The SMILES string of the molecule is COc1ccc([C@@H]2CCCCN2C(=O)c2cc(CC(C)C)nn2C)cc1. The van der Waals surface area contributed by atoms with Crippen molar-refractivity contribution in [1.29, 1.82) is 0 Å². The summed E-state index contributed by atoms with van der Waals surface area (Å²) in [5.41, 5.74) is 2.84. The normalized spacial score (nSPS) is 17.6. The van der Waals surface area contributed by atoms with Crippen LogP contribution in [-0.4, -0.2) is 34.2 Å². The van der Waals surface area contributed by atoms with Gasteiger partial charge in [-0.1, -0.05) is 26.0 Å². The van der Waals surface area contributed by atoms with Crippen molar-refractivity contribution in [3.8, 4) is 5.75 Å². The van der Waals surface area contributed by atoms with E-state index in [0.29, 0.717) is 11.6 Å². The number of aryl methyl sites for hydroxylation is 1. The molecule has 1 fully saturated rings. The molecule has 1 saturated heterocycles.